The maximum Gasteiger partial charge on any atom is 0.274 e. The molecule has 0 spiro atoms. The molecule has 0 unspecified atom stereocenters. The highest BCUT2D eigenvalue weighted by atomic mass is 79.9. The summed E-state index contributed by atoms with van der Waals surface area (Å²) in [6.45, 7) is 4.20. The normalized spacial score (nSPS) is 10.2. The van der Waals surface area contributed by atoms with Gasteiger partial charge in [0.25, 0.3) is 11.6 Å². The Bertz CT molecular complexity index is 889. The number of nitrogens with zero attached hydrogens (tertiary/aromatic N) is 1. The van der Waals surface area contributed by atoms with Crippen LogP contribution in [0.2, 0.25) is 0 Å². The molecule has 0 saturated heterocycles. The molecule has 2 aromatic rings. The molecule has 0 aliphatic carbocycles. The van der Waals surface area contributed by atoms with Gasteiger partial charge in [-0.3, -0.25) is 20.2 Å². The monoisotopic (exact) mass is 451 g/mol. The van der Waals surface area contributed by atoms with Crippen LogP contribution in [-0.2, 0) is 0 Å². The van der Waals surface area contributed by atoms with E-state index in [1.54, 1.807) is 37.3 Å². The smallest absolute Gasteiger partial charge is 0.274 e. The maximum atomic E-state index is 12.4. The molecule has 0 aliphatic rings. The number of nitro benzene ring substituents is 1. The maximum absolute atomic E-state index is 12.4. The number of nitrogens with one attached hydrogen (secondary N) is 2. The Morgan fingerprint density at radius 3 is 2.70 bits per heavy atom. The number of amides is 1. The van der Waals surface area contributed by atoms with E-state index >= 15 is 0 Å². The number of carbonyl (C=O) groups is 1. The summed E-state index contributed by atoms with van der Waals surface area (Å²) in [5, 5.41) is 16.4. The fraction of sp³-hybridized carbons (Fsp3) is 0.222. The van der Waals surface area contributed by atoms with Crippen molar-refractivity contribution in [2.75, 3.05) is 11.9 Å². The number of ether oxygens (including phenoxy) is 1. The van der Waals surface area contributed by atoms with Crippen LogP contribution < -0.4 is 15.4 Å². The SMILES string of the molecule is CCCOc1ccc(C(=O)NC(=S)Nc2cccc([N+](=O)[O-])c2C)cc1Br. The van der Waals surface area contributed by atoms with Gasteiger partial charge in [-0.1, -0.05) is 13.0 Å². The molecule has 7 nitrogen and oxygen atoms in total. The molecule has 0 bridgehead atoms. The summed E-state index contributed by atoms with van der Waals surface area (Å²) in [5.41, 5.74) is 1.25. The van der Waals surface area contributed by atoms with Crippen LogP contribution in [0.5, 0.6) is 5.75 Å². The summed E-state index contributed by atoms with van der Waals surface area (Å²) in [6.07, 6.45) is 0.881. The highest BCUT2D eigenvalue weighted by molar-refractivity contribution is 9.10. The average molecular weight is 452 g/mol. The minimum absolute atomic E-state index is 0.0271. The zero-order chi connectivity index (χ0) is 20.0. The van der Waals surface area contributed by atoms with E-state index in [0.29, 0.717) is 33.6 Å². The first-order valence-electron chi connectivity index (χ1n) is 8.12. The molecule has 2 aromatic carbocycles. The van der Waals surface area contributed by atoms with Gasteiger partial charge in [-0.2, -0.15) is 0 Å². The van der Waals surface area contributed by atoms with Crippen molar-refractivity contribution in [1.29, 1.82) is 0 Å². The Hall–Kier alpha value is -2.52. The molecular weight excluding hydrogens is 434 g/mol. The van der Waals surface area contributed by atoms with Crippen molar-refractivity contribution in [3.05, 3.63) is 62.1 Å². The van der Waals surface area contributed by atoms with Gasteiger partial charge in [0.2, 0.25) is 0 Å². The zero-order valence-corrected chi connectivity index (χ0v) is 17.1. The molecule has 0 aromatic heterocycles. The molecular formula is C18H18BrN3O4S. The summed E-state index contributed by atoms with van der Waals surface area (Å²) in [4.78, 5) is 22.9. The van der Waals surface area contributed by atoms with Crippen molar-refractivity contribution < 1.29 is 14.5 Å². The third-order valence-electron chi connectivity index (χ3n) is 3.63. The van der Waals surface area contributed by atoms with Crippen LogP contribution in [0.25, 0.3) is 0 Å². The van der Waals surface area contributed by atoms with Crippen LogP contribution in [0.4, 0.5) is 11.4 Å². The Labute approximate surface area is 170 Å². The van der Waals surface area contributed by atoms with E-state index in [2.05, 4.69) is 26.6 Å². The first kappa shape index (κ1) is 20.8. The van der Waals surface area contributed by atoms with Gasteiger partial charge in [0.05, 0.1) is 27.3 Å². The average Bonchev–Trinajstić information content (AvgIpc) is 2.62. The Kier molecular flexibility index (Phi) is 7.26. The molecule has 0 saturated carbocycles. The number of nitro groups is 1. The molecule has 0 fully saturated rings. The van der Waals surface area contributed by atoms with Crippen molar-refractivity contribution in [3.63, 3.8) is 0 Å². The van der Waals surface area contributed by atoms with E-state index in [1.807, 2.05) is 6.92 Å². The minimum atomic E-state index is -0.470. The summed E-state index contributed by atoms with van der Waals surface area (Å²) >= 11 is 8.53. The van der Waals surface area contributed by atoms with Gasteiger partial charge in [0.1, 0.15) is 5.75 Å². The lowest BCUT2D eigenvalue weighted by Crippen LogP contribution is -2.34. The van der Waals surface area contributed by atoms with Crippen molar-refractivity contribution in [2.45, 2.75) is 20.3 Å². The number of carbonyl (C=O) groups excluding carboxylic acids is 1. The zero-order valence-electron chi connectivity index (χ0n) is 14.7. The van der Waals surface area contributed by atoms with Crippen LogP contribution in [0.3, 0.4) is 0 Å². The van der Waals surface area contributed by atoms with Gasteiger partial charge in [0, 0.05) is 11.6 Å². The molecule has 2 N–H and O–H groups in total. The fourth-order valence-corrected chi connectivity index (χ4v) is 2.95. The van der Waals surface area contributed by atoms with Crippen molar-refractivity contribution >= 4 is 50.5 Å². The lowest BCUT2D eigenvalue weighted by atomic mass is 10.1. The number of hydrogen-bond donors (Lipinski definition) is 2. The summed E-state index contributed by atoms with van der Waals surface area (Å²) < 4.78 is 6.22. The predicted octanol–water partition coefficient (Wildman–Crippen LogP) is 4.58. The Morgan fingerprint density at radius 2 is 2.07 bits per heavy atom. The van der Waals surface area contributed by atoms with E-state index in [0.717, 1.165) is 6.42 Å². The summed E-state index contributed by atoms with van der Waals surface area (Å²) in [6, 6.07) is 9.58. The van der Waals surface area contributed by atoms with Gasteiger partial charge in [-0.25, -0.2) is 0 Å². The van der Waals surface area contributed by atoms with Crippen LogP contribution in [-0.4, -0.2) is 22.5 Å². The third-order valence-corrected chi connectivity index (χ3v) is 4.46. The fourth-order valence-electron chi connectivity index (χ4n) is 2.26. The lowest BCUT2D eigenvalue weighted by molar-refractivity contribution is -0.385. The molecule has 2 rings (SSSR count). The topological polar surface area (TPSA) is 93.5 Å². The largest absolute Gasteiger partial charge is 0.492 e. The lowest BCUT2D eigenvalue weighted by Gasteiger charge is -2.12. The summed E-state index contributed by atoms with van der Waals surface area (Å²) in [7, 11) is 0. The standard InChI is InChI=1S/C18H18BrN3O4S/c1-3-9-26-16-8-7-12(10-13(16)19)17(23)21-18(27)20-14-5-4-6-15(11(14)2)22(24)25/h4-8,10H,3,9H2,1-2H3,(H2,20,21,23,27). The van der Waals surface area contributed by atoms with Crippen molar-refractivity contribution in [3.8, 4) is 5.75 Å². The van der Waals surface area contributed by atoms with E-state index in [4.69, 9.17) is 17.0 Å². The number of rotatable bonds is 6. The predicted molar refractivity (Wildman–Crippen MR) is 111 cm³/mol. The van der Waals surface area contributed by atoms with Gasteiger partial charge in [0.15, 0.2) is 5.11 Å². The quantitative estimate of drug-likeness (QED) is 0.379. The van der Waals surface area contributed by atoms with E-state index in [9.17, 15) is 14.9 Å². The van der Waals surface area contributed by atoms with Crippen LogP contribution in [0.15, 0.2) is 40.9 Å². The molecule has 0 radical (unpaired) electrons. The molecule has 9 heteroatoms. The van der Waals surface area contributed by atoms with Crippen molar-refractivity contribution in [2.24, 2.45) is 0 Å². The number of halogens is 1. The van der Waals surface area contributed by atoms with Gasteiger partial charge < -0.3 is 10.1 Å². The second kappa shape index (κ2) is 9.43. The number of benzene rings is 2. The first-order valence-corrected chi connectivity index (χ1v) is 9.32. The number of hydrogen-bond acceptors (Lipinski definition) is 5. The van der Waals surface area contributed by atoms with E-state index in [-0.39, 0.29) is 10.8 Å². The highest BCUT2D eigenvalue weighted by Crippen LogP contribution is 2.27. The minimum Gasteiger partial charge on any atom is -0.492 e. The molecule has 27 heavy (non-hydrogen) atoms. The van der Waals surface area contributed by atoms with Gasteiger partial charge >= 0.3 is 0 Å². The van der Waals surface area contributed by atoms with E-state index < -0.39 is 10.8 Å². The molecule has 1 amide bonds. The third kappa shape index (κ3) is 5.48. The highest BCUT2D eigenvalue weighted by Gasteiger charge is 2.15. The Morgan fingerprint density at radius 1 is 1.33 bits per heavy atom. The van der Waals surface area contributed by atoms with Crippen LogP contribution in [0, 0.1) is 17.0 Å². The summed E-state index contributed by atoms with van der Waals surface area (Å²) in [5.74, 6) is 0.250. The number of anilines is 1. The van der Waals surface area contributed by atoms with E-state index in [1.165, 1.54) is 6.07 Å². The first-order chi connectivity index (χ1) is 12.8. The van der Waals surface area contributed by atoms with Crippen molar-refractivity contribution in [1.82, 2.24) is 5.32 Å². The molecule has 142 valence electrons. The van der Waals surface area contributed by atoms with Crippen LogP contribution in [0.1, 0.15) is 29.3 Å². The second-order valence-corrected chi connectivity index (χ2v) is 6.87. The van der Waals surface area contributed by atoms with Gasteiger partial charge in [-0.15, -0.1) is 0 Å². The molecule has 0 atom stereocenters. The molecule has 0 heterocycles. The number of thiocarbonyl (C=S) groups is 1. The molecule has 0 aliphatic heterocycles. The Balaban J connectivity index is 2.06. The second-order valence-electron chi connectivity index (χ2n) is 5.61. The van der Waals surface area contributed by atoms with Crippen LogP contribution >= 0.6 is 28.1 Å². The van der Waals surface area contributed by atoms with Gasteiger partial charge in [-0.05, 0) is 65.8 Å².